The van der Waals surface area contributed by atoms with Crippen molar-refractivity contribution in [1.29, 1.82) is 0 Å². The molecule has 1 aliphatic heterocycles. The van der Waals surface area contributed by atoms with Gasteiger partial charge in [-0.05, 0) is 23.6 Å². The van der Waals surface area contributed by atoms with Crippen molar-refractivity contribution in [1.82, 2.24) is 30.4 Å². The van der Waals surface area contributed by atoms with Crippen LogP contribution in [0.1, 0.15) is 56.0 Å². The Bertz CT molecular complexity index is 1180. The highest BCUT2D eigenvalue weighted by Crippen LogP contribution is 2.28. The van der Waals surface area contributed by atoms with Gasteiger partial charge in [-0.15, -0.1) is 0 Å². The van der Waals surface area contributed by atoms with Crippen LogP contribution in [0.5, 0.6) is 0 Å². The molecule has 1 aromatic carbocycles. The number of halogens is 2. The second-order valence-corrected chi connectivity index (χ2v) is 8.69. The molecule has 34 heavy (non-hydrogen) atoms. The molecular formula is C24H26F2N6O2. The van der Waals surface area contributed by atoms with Crippen LogP contribution in [-0.2, 0) is 9.59 Å². The minimum atomic E-state index is -1.28. The van der Waals surface area contributed by atoms with Gasteiger partial charge in [0.15, 0.2) is 5.82 Å². The van der Waals surface area contributed by atoms with Gasteiger partial charge in [-0.2, -0.15) is 9.49 Å². The van der Waals surface area contributed by atoms with Crippen LogP contribution in [0.15, 0.2) is 42.7 Å². The van der Waals surface area contributed by atoms with Crippen molar-refractivity contribution in [2.75, 3.05) is 6.54 Å². The summed E-state index contributed by atoms with van der Waals surface area (Å²) in [6.45, 7) is 4.90. The fourth-order valence-electron chi connectivity index (χ4n) is 4.21. The summed E-state index contributed by atoms with van der Waals surface area (Å²) in [4.78, 5) is 34.7. The number of H-pyrrole nitrogens is 1. The van der Waals surface area contributed by atoms with Crippen molar-refractivity contribution >= 4 is 11.8 Å². The molecule has 4 rings (SSSR count). The molecule has 3 unspecified atom stereocenters. The van der Waals surface area contributed by atoms with Crippen LogP contribution in [0.25, 0.3) is 11.4 Å². The molecule has 0 radical (unpaired) electrons. The molecule has 3 heterocycles. The molecule has 8 nitrogen and oxygen atoms in total. The Hall–Kier alpha value is -3.69. The molecule has 0 bridgehead atoms. The van der Waals surface area contributed by atoms with E-state index in [1.807, 2.05) is 19.9 Å². The van der Waals surface area contributed by atoms with E-state index in [4.69, 9.17) is 0 Å². The Morgan fingerprint density at radius 3 is 2.68 bits per heavy atom. The van der Waals surface area contributed by atoms with E-state index in [9.17, 15) is 18.4 Å². The van der Waals surface area contributed by atoms with Crippen molar-refractivity contribution in [3.05, 3.63) is 65.5 Å². The average molecular weight is 469 g/mol. The molecule has 0 spiro atoms. The predicted molar refractivity (Wildman–Crippen MR) is 121 cm³/mol. The summed E-state index contributed by atoms with van der Waals surface area (Å²) >= 11 is 0. The van der Waals surface area contributed by atoms with E-state index in [2.05, 4.69) is 25.5 Å². The second-order valence-electron chi connectivity index (χ2n) is 8.69. The summed E-state index contributed by atoms with van der Waals surface area (Å²) in [5.41, 5.74) is 2.08. The highest BCUT2D eigenvalue weighted by Gasteiger charge is 2.39. The molecule has 1 fully saturated rings. The molecule has 2 N–H and O–H groups in total. The van der Waals surface area contributed by atoms with Gasteiger partial charge in [0.2, 0.25) is 17.8 Å². The first-order valence-electron chi connectivity index (χ1n) is 11.1. The SMILES string of the molecule is CC(=O)N1CC(F)CC1C(=O)NC(c1cccc(-c2ncn[nH]2)c1)c1ccc(C(C)C)c(F)n1. The summed E-state index contributed by atoms with van der Waals surface area (Å²) in [5, 5.41) is 9.52. The van der Waals surface area contributed by atoms with Crippen molar-refractivity contribution < 1.29 is 18.4 Å². The number of pyridine rings is 1. The van der Waals surface area contributed by atoms with E-state index in [-0.39, 0.29) is 30.5 Å². The number of carbonyl (C=O) groups is 2. The van der Waals surface area contributed by atoms with E-state index in [0.29, 0.717) is 22.5 Å². The maximum atomic E-state index is 14.8. The van der Waals surface area contributed by atoms with Crippen LogP contribution < -0.4 is 5.32 Å². The topological polar surface area (TPSA) is 104 Å². The third-order valence-corrected chi connectivity index (χ3v) is 5.97. The number of alkyl halides is 1. The van der Waals surface area contributed by atoms with Crippen LogP contribution in [0.2, 0.25) is 0 Å². The molecule has 1 aliphatic rings. The summed E-state index contributed by atoms with van der Waals surface area (Å²) in [7, 11) is 0. The Labute approximate surface area is 195 Å². The van der Waals surface area contributed by atoms with Crippen molar-refractivity contribution in [2.24, 2.45) is 0 Å². The largest absolute Gasteiger partial charge is 0.342 e. The van der Waals surface area contributed by atoms with Gasteiger partial charge < -0.3 is 10.2 Å². The molecular weight excluding hydrogens is 442 g/mol. The number of benzene rings is 1. The fraction of sp³-hybridized carbons (Fsp3) is 0.375. The quantitative estimate of drug-likeness (QED) is 0.541. The van der Waals surface area contributed by atoms with Gasteiger partial charge in [0.1, 0.15) is 18.5 Å². The zero-order valence-corrected chi connectivity index (χ0v) is 19.1. The average Bonchev–Trinajstić information content (AvgIpc) is 3.47. The van der Waals surface area contributed by atoms with Crippen LogP contribution in [0.4, 0.5) is 8.78 Å². The first kappa shape index (κ1) is 23.5. The Balaban J connectivity index is 1.72. The highest BCUT2D eigenvalue weighted by atomic mass is 19.1. The summed E-state index contributed by atoms with van der Waals surface area (Å²) in [6.07, 6.45) is 0.00512. The molecule has 2 amide bonds. The van der Waals surface area contributed by atoms with Crippen LogP contribution in [0.3, 0.4) is 0 Å². The Morgan fingerprint density at radius 1 is 1.24 bits per heavy atom. The van der Waals surface area contributed by atoms with E-state index >= 15 is 0 Å². The molecule has 3 atom stereocenters. The van der Waals surface area contributed by atoms with Gasteiger partial charge in [0.25, 0.3) is 0 Å². The molecule has 3 aromatic rings. The van der Waals surface area contributed by atoms with Gasteiger partial charge >= 0.3 is 0 Å². The lowest BCUT2D eigenvalue weighted by molar-refractivity contribution is -0.137. The maximum Gasteiger partial charge on any atom is 0.243 e. The lowest BCUT2D eigenvalue weighted by atomic mass is 9.98. The number of nitrogens with zero attached hydrogens (tertiary/aromatic N) is 4. The van der Waals surface area contributed by atoms with Gasteiger partial charge in [-0.1, -0.05) is 38.1 Å². The van der Waals surface area contributed by atoms with Gasteiger partial charge in [-0.25, -0.2) is 14.4 Å². The van der Waals surface area contributed by atoms with E-state index < -0.39 is 30.1 Å². The number of amides is 2. The number of hydrogen-bond donors (Lipinski definition) is 2. The maximum absolute atomic E-state index is 14.8. The van der Waals surface area contributed by atoms with Crippen molar-refractivity contribution in [2.45, 2.75) is 51.4 Å². The standard InChI is InChI=1S/C24H26F2N6O2/c1-13(2)18-7-8-19(29-22(18)26)21(15-5-4-6-16(9-15)23-27-12-28-31-23)30-24(34)20-10-17(25)11-32(20)14(3)33/h4-9,12-13,17,20-21H,10-11H2,1-3H3,(H,30,34)(H,27,28,31). The lowest BCUT2D eigenvalue weighted by Crippen LogP contribution is -2.46. The summed E-state index contributed by atoms with van der Waals surface area (Å²) in [6, 6.07) is 8.69. The fourth-order valence-corrected chi connectivity index (χ4v) is 4.21. The first-order valence-corrected chi connectivity index (χ1v) is 11.1. The van der Waals surface area contributed by atoms with E-state index in [0.717, 1.165) is 0 Å². The van der Waals surface area contributed by atoms with Crippen molar-refractivity contribution in [3.8, 4) is 11.4 Å². The Kier molecular flexibility index (Phi) is 6.67. The van der Waals surface area contributed by atoms with Gasteiger partial charge in [0.05, 0.1) is 18.3 Å². The first-order chi connectivity index (χ1) is 16.2. The molecule has 0 aliphatic carbocycles. The number of aromatic nitrogens is 4. The summed E-state index contributed by atoms with van der Waals surface area (Å²) < 4.78 is 28.8. The third-order valence-electron chi connectivity index (χ3n) is 5.97. The number of aromatic amines is 1. The lowest BCUT2D eigenvalue weighted by Gasteiger charge is -2.26. The van der Waals surface area contributed by atoms with Crippen LogP contribution in [0, 0.1) is 5.95 Å². The normalized spacial score (nSPS) is 18.8. The molecule has 1 saturated heterocycles. The summed E-state index contributed by atoms with van der Waals surface area (Å²) in [5.74, 6) is -1.06. The smallest absolute Gasteiger partial charge is 0.243 e. The zero-order valence-electron chi connectivity index (χ0n) is 19.1. The monoisotopic (exact) mass is 468 g/mol. The van der Waals surface area contributed by atoms with E-state index in [1.54, 1.807) is 30.3 Å². The van der Waals surface area contributed by atoms with Crippen LogP contribution >= 0.6 is 0 Å². The van der Waals surface area contributed by atoms with Crippen molar-refractivity contribution in [3.63, 3.8) is 0 Å². The predicted octanol–water partition coefficient (Wildman–Crippen LogP) is 3.29. The number of nitrogens with one attached hydrogen (secondary N) is 2. The Morgan fingerprint density at radius 2 is 2.03 bits per heavy atom. The highest BCUT2D eigenvalue weighted by molar-refractivity contribution is 5.88. The van der Waals surface area contributed by atoms with E-state index in [1.165, 1.54) is 18.2 Å². The minimum absolute atomic E-state index is 0.0616. The number of carbonyl (C=O) groups excluding carboxylic acids is 2. The number of likely N-dealkylation sites (tertiary alicyclic amines) is 1. The molecule has 178 valence electrons. The second kappa shape index (κ2) is 9.66. The number of rotatable bonds is 6. The van der Waals surface area contributed by atoms with Crippen LogP contribution in [-0.4, -0.2) is 55.6 Å². The molecule has 2 aromatic heterocycles. The van der Waals surface area contributed by atoms with Gasteiger partial charge in [-0.3, -0.25) is 14.7 Å². The zero-order chi connectivity index (χ0) is 24.4. The van der Waals surface area contributed by atoms with Gasteiger partial charge in [0, 0.05) is 24.5 Å². The number of hydrogen-bond acceptors (Lipinski definition) is 5. The molecule has 10 heteroatoms. The minimum Gasteiger partial charge on any atom is -0.342 e. The molecule has 0 saturated carbocycles. The third kappa shape index (κ3) is 4.80.